The number of aromatic amines is 1. The van der Waals surface area contributed by atoms with E-state index in [1.54, 1.807) is 18.2 Å². The molecule has 4 nitrogen and oxygen atoms in total. The third kappa shape index (κ3) is 3.15. The Hall–Kier alpha value is -2.10. The predicted molar refractivity (Wildman–Crippen MR) is 87.3 cm³/mol. The van der Waals surface area contributed by atoms with Crippen molar-refractivity contribution < 1.29 is 4.92 Å². The number of hydrogen-bond acceptors (Lipinski definition) is 2. The van der Waals surface area contributed by atoms with Crippen molar-refractivity contribution in [2.24, 2.45) is 5.92 Å². The van der Waals surface area contributed by atoms with E-state index in [9.17, 15) is 10.1 Å². The molecule has 0 radical (unpaired) electrons. The van der Waals surface area contributed by atoms with Crippen molar-refractivity contribution in [1.82, 2.24) is 4.98 Å². The Morgan fingerprint density at radius 2 is 2.10 bits per heavy atom. The number of aromatic nitrogens is 1. The van der Waals surface area contributed by atoms with Gasteiger partial charge in [-0.2, -0.15) is 0 Å². The molecule has 4 heteroatoms. The number of hydrogen-bond donors (Lipinski definition) is 1. The highest BCUT2D eigenvalue weighted by molar-refractivity contribution is 5.94. The summed E-state index contributed by atoms with van der Waals surface area (Å²) in [6, 6.07) is 4.99. The molecule has 0 fully saturated rings. The first kappa shape index (κ1) is 15.3. The molecule has 21 heavy (non-hydrogen) atoms. The lowest BCUT2D eigenvalue weighted by Crippen LogP contribution is -2.00. The van der Waals surface area contributed by atoms with Crippen molar-refractivity contribution in [3.63, 3.8) is 0 Å². The minimum Gasteiger partial charge on any atom is -0.361 e. The quantitative estimate of drug-likeness (QED) is 0.601. The van der Waals surface area contributed by atoms with Crippen LogP contribution in [-0.2, 0) is 0 Å². The first-order valence-corrected chi connectivity index (χ1v) is 7.60. The molecule has 1 unspecified atom stereocenters. The van der Waals surface area contributed by atoms with Crippen LogP contribution in [0.1, 0.15) is 45.6 Å². The summed E-state index contributed by atoms with van der Waals surface area (Å²) in [5.41, 5.74) is 3.54. The number of nitro benzene ring substituents is 1. The largest absolute Gasteiger partial charge is 0.361 e. The lowest BCUT2D eigenvalue weighted by molar-refractivity contribution is -0.384. The standard InChI is InChI=1S/C15H16N2O2.C2H6/c1-10-2-4-11(5-3-10)14-9-16-15-7-6-12(17(18)19)8-13(14)15;1-2/h4,6-10,16H,2-3,5H2,1H3;1-2H3. The number of fused-ring (bicyclic) bond motifs is 1. The first-order valence-electron chi connectivity index (χ1n) is 7.60. The number of H-pyrrole nitrogens is 1. The summed E-state index contributed by atoms with van der Waals surface area (Å²) in [4.78, 5) is 13.7. The van der Waals surface area contributed by atoms with Gasteiger partial charge in [0, 0.05) is 34.8 Å². The molecule has 0 saturated heterocycles. The second kappa shape index (κ2) is 6.57. The highest BCUT2D eigenvalue weighted by Crippen LogP contribution is 2.34. The summed E-state index contributed by atoms with van der Waals surface area (Å²) in [6.45, 7) is 6.26. The Kier molecular flexibility index (Phi) is 4.78. The summed E-state index contributed by atoms with van der Waals surface area (Å²) in [5.74, 6) is 0.739. The van der Waals surface area contributed by atoms with E-state index in [-0.39, 0.29) is 10.6 Å². The van der Waals surface area contributed by atoms with Gasteiger partial charge in [0.25, 0.3) is 5.69 Å². The van der Waals surface area contributed by atoms with Gasteiger partial charge >= 0.3 is 0 Å². The van der Waals surface area contributed by atoms with Crippen molar-refractivity contribution in [2.75, 3.05) is 0 Å². The van der Waals surface area contributed by atoms with Crippen LogP contribution in [0.15, 0.2) is 30.5 Å². The van der Waals surface area contributed by atoms with Crippen LogP contribution in [0.4, 0.5) is 5.69 Å². The Labute approximate surface area is 125 Å². The third-order valence-electron chi connectivity index (χ3n) is 3.90. The maximum Gasteiger partial charge on any atom is 0.270 e. The molecule has 1 aromatic carbocycles. The van der Waals surface area contributed by atoms with E-state index in [2.05, 4.69) is 18.0 Å². The summed E-state index contributed by atoms with van der Waals surface area (Å²) >= 11 is 0. The van der Waals surface area contributed by atoms with E-state index >= 15 is 0 Å². The molecule has 1 heterocycles. The van der Waals surface area contributed by atoms with E-state index < -0.39 is 0 Å². The Balaban J connectivity index is 0.000000774. The summed E-state index contributed by atoms with van der Waals surface area (Å²) in [6.07, 6.45) is 7.58. The Morgan fingerprint density at radius 1 is 1.33 bits per heavy atom. The number of allylic oxidation sites excluding steroid dienone is 2. The zero-order valence-electron chi connectivity index (χ0n) is 12.8. The SMILES string of the molecule is CC.CC1CC=C(c2c[nH]c3ccc([N+](=O)[O-])cc23)CC1. The zero-order valence-corrected chi connectivity index (χ0v) is 12.8. The monoisotopic (exact) mass is 286 g/mol. The van der Waals surface area contributed by atoms with Gasteiger partial charge in [-0.25, -0.2) is 0 Å². The van der Waals surface area contributed by atoms with Gasteiger partial charge in [0.1, 0.15) is 0 Å². The number of nitrogens with one attached hydrogen (secondary N) is 1. The minimum absolute atomic E-state index is 0.151. The molecule has 1 N–H and O–H groups in total. The molecule has 1 aliphatic carbocycles. The molecule has 2 aromatic rings. The zero-order chi connectivity index (χ0) is 15.4. The molecule has 0 spiro atoms. The minimum atomic E-state index is -0.340. The lowest BCUT2D eigenvalue weighted by atomic mass is 9.87. The number of benzene rings is 1. The highest BCUT2D eigenvalue weighted by atomic mass is 16.6. The average molecular weight is 286 g/mol. The van der Waals surface area contributed by atoms with Gasteiger partial charge in [-0.1, -0.05) is 26.8 Å². The van der Waals surface area contributed by atoms with Gasteiger partial charge in [0.15, 0.2) is 0 Å². The second-order valence-electron chi connectivity index (χ2n) is 5.30. The van der Waals surface area contributed by atoms with Crippen LogP contribution in [0, 0.1) is 16.0 Å². The van der Waals surface area contributed by atoms with Gasteiger partial charge in [0.05, 0.1) is 4.92 Å². The van der Waals surface area contributed by atoms with Gasteiger partial charge in [-0.15, -0.1) is 0 Å². The molecule has 1 atom stereocenters. The van der Waals surface area contributed by atoms with Crippen molar-refractivity contribution in [3.05, 3.63) is 46.1 Å². The van der Waals surface area contributed by atoms with Crippen LogP contribution in [0.25, 0.3) is 16.5 Å². The van der Waals surface area contributed by atoms with E-state index in [1.807, 2.05) is 20.0 Å². The topological polar surface area (TPSA) is 58.9 Å². The fraction of sp³-hybridized carbons (Fsp3) is 0.412. The number of rotatable bonds is 2. The van der Waals surface area contributed by atoms with Crippen LogP contribution >= 0.6 is 0 Å². The highest BCUT2D eigenvalue weighted by Gasteiger charge is 2.16. The maximum absolute atomic E-state index is 10.9. The molecule has 0 amide bonds. The van der Waals surface area contributed by atoms with Gasteiger partial charge < -0.3 is 4.98 Å². The van der Waals surface area contributed by atoms with Crippen molar-refractivity contribution in [1.29, 1.82) is 0 Å². The molecule has 1 aliphatic rings. The predicted octanol–water partition coefficient (Wildman–Crippen LogP) is 5.31. The van der Waals surface area contributed by atoms with E-state index in [1.165, 1.54) is 12.0 Å². The smallest absolute Gasteiger partial charge is 0.270 e. The average Bonchev–Trinajstić information content (AvgIpc) is 2.93. The van der Waals surface area contributed by atoms with E-state index in [4.69, 9.17) is 0 Å². The van der Waals surface area contributed by atoms with Crippen LogP contribution in [0.2, 0.25) is 0 Å². The van der Waals surface area contributed by atoms with E-state index in [0.29, 0.717) is 0 Å². The fourth-order valence-corrected chi connectivity index (χ4v) is 2.70. The summed E-state index contributed by atoms with van der Waals surface area (Å²) in [7, 11) is 0. The second-order valence-corrected chi connectivity index (χ2v) is 5.30. The fourth-order valence-electron chi connectivity index (χ4n) is 2.70. The van der Waals surface area contributed by atoms with Crippen molar-refractivity contribution >= 4 is 22.2 Å². The molecule has 3 rings (SSSR count). The Morgan fingerprint density at radius 3 is 2.71 bits per heavy atom. The van der Waals surface area contributed by atoms with Gasteiger partial charge in [0.2, 0.25) is 0 Å². The van der Waals surface area contributed by atoms with E-state index in [0.717, 1.165) is 35.2 Å². The third-order valence-corrected chi connectivity index (χ3v) is 3.90. The molecule has 0 aliphatic heterocycles. The molecular formula is C17H22N2O2. The van der Waals surface area contributed by atoms with Crippen molar-refractivity contribution in [2.45, 2.75) is 40.0 Å². The molecule has 0 saturated carbocycles. The van der Waals surface area contributed by atoms with Crippen LogP contribution in [0.5, 0.6) is 0 Å². The molecule has 112 valence electrons. The summed E-state index contributed by atoms with van der Waals surface area (Å²) < 4.78 is 0. The molecule has 1 aromatic heterocycles. The Bertz CT molecular complexity index is 670. The first-order chi connectivity index (χ1) is 10.1. The van der Waals surface area contributed by atoms with Crippen molar-refractivity contribution in [3.8, 4) is 0 Å². The molecule has 0 bridgehead atoms. The lowest BCUT2D eigenvalue weighted by Gasteiger charge is -2.17. The molecular weight excluding hydrogens is 264 g/mol. The van der Waals surface area contributed by atoms with Gasteiger partial charge in [-0.05, 0) is 36.8 Å². The maximum atomic E-state index is 10.9. The number of non-ortho nitro benzene ring substituents is 1. The van der Waals surface area contributed by atoms with Crippen LogP contribution in [0.3, 0.4) is 0 Å². The number of nitro groups is 1. The van der Waals surface area contributed by atoms with Crippen LogP contribution in [-0.4, -0.2) is 9.91 Å². The van der Waals surface area contributed by atoms with Gasteiger partial charge in [-0.3, -0.25) is 10.1 Å². The normalized spacial score (nSPS) is 17.9. The summed E-state index contributed by atoms with van der Waals surface area (Å²) in [5, 5.41) is 11.8. The number of nitrogens with zero attached hydrogens (tertiary/aromatic N) is 1. The van der Waals surface area contributed by atoms with Crippen LogP contribution < -0.4 is 0 Å².